The minimum absolute atomic E-state index is 0.0510. The van der Waals surface area contributed by atoms with Crippen molar-refractivity contribution in [1.29, 1.82) is 0 Å². The average Bonchev–Trinajstić information content (AvgIpc) is 2.97. The van der Waals surface area contributed by atoms with Crippen molar-refractivity contribution in [2.24, 2.45) is 0 Å². The van der Waals surface area contributed by atoms with E-state index in [1.165, 1.54) is 11.3 Å². The number of thiazole rings is 1. The number of aryl methyl sites for hydroxylation is 1. The molecule has 0 radical (unpaired) electrons. The number of nitrogens with one attached hydrogen (secondary N) is 1. The van der Waals surface area contributed by atoms with Crippen molar-refractivity contribution in [3.8, 4) is 10.8 Å². The highest BCUT2D eigenvalue weighted by Crippen LogP contribution is 2.25. The fourth-order valence-corrected chi connectivity index (χ4v) is 2.36. The van der Waals surface area contributed by atoms with Gasteiger partial charge in [-0.2, -0.15) is 0 Å². The fourth-order valence-electron chi connectivity index (χ4n) is 1.60. The molecular formula is C13H16N2O3S. The second-order valence-corrected chi connectivity index (χ2v) is 5.19. The molecular weight excluding hydrogens is 264 g/mol. The van der Waals surface area contributed by atoms with Crippen molar-refractivity contribution in [2.45, 2.75) is 26.3 Å². The zero-order valence-corrected chi connectivity index (χ0v) is 11.7. The number of amides is 1. The highest BCUT2D eigenvalue weighted by Gasteiger charge is 2.15. The quantitative estimate of drug-likeness (QED) is 0.880. The molecule has 6 heteroatoms. The first-order chi connectivity index (χ1) is 9.10. The molecule has 1 unspecified atom stereocenters. The SMILES string of the molecule is Cc1ccc(-c2nc(C(=O)NC(C)CCO)cs2)o1. The summed E-state index contributed by atoms with van der Waals surface area (Å²) in [6.45, 7) is 3.76. The van der Waals surface area contributed by atoms with Gasteiger partial charge < -0.3 is 14.8 Å². The number of carbonyl (C=O) groups excluding carboxylic acids is 1. The molecule has 2 aromatic rings. The molecule has 0 aliphatic heterocycles. The van der Waals surface area contributed by atoms with Crippen LogP contribution in [0.5, 0.6) is 0 Å². The maximum Gasteiger partial charge on any atom is 0.270 e. The highest BCUT2D eigenvalue weighted by molar-refractivity contribution is 7.13. The van der Waals surface area contributed by atoms with Gasteiger partial charge in [-0.1, -0.05) is 0 Å². The Morgan fingerprint density at radius 1 is 1.58 bits per heavy atom. The second-order valence-electron chi connectivity index (χ2n) is 4.33. The van der Waals surface area contributed by atoms with Gasteiger partial charge in [0.25, 0.3) is 5.91 Å². The number of furan rings is 1. The van der Waals surface area contributed by atoms with Crippen LogP contribution in [0.1, 0.15) is 29.6 Å². The molecule has 2 aromatic heterocycles. The van der Waals surface area contributed by atoms with Gasteiger partial charge in [0, 0.05) is 18.0 Å². The van der Waals surface area contributed by atoms with Crippen LogP contribution in [0, 0.1) is 6.92 Å². The number of carbonyl (C=O) groups is 1. The number of rotatable bonds is 5. The molecule has 0 saturated heterocycles. The lowest BCUT2D eigenvalue weighted by atomic mass is 10.2. The zero-order valence-electron chi connectivity index (χ0n) is 10.8. The molecule has 1 amide bonds. The van der Waals surface area contributed by atoms with Crippen LogP contribution in [0.25, 0.3) is 10.8 Å². The van der Waals surface area contributed by atoms with Gasteiger partial charge in [-0.05, 0) is 32.4 Å². The van der Waals surface area contributed by atoms with Gasteiger partial charge in [-0.3, -0.25) is 4.79 Å². The lowest BCUT2D eigenvalue weighted by molar-refractivity contribution is 0.0930. The summed E-state index contributed by atoms with van der Waals surface area (Å²) in [7, 11) is 0. The number of nitrogens with zero attached hydrogens (tertiary/aromatic N) is 1. The van der Waals surface area contributed by atoms with E-state index in [4.69, 9.17) is 9.52 Å². The van der Waals surface area contributed by atoms with E-state index in [2.05, 4.69) is 10.3 Å². The second kappa shape index (κ2) is 5.99. The van der Waals surface area contributed by atoms with Crippen molar-refractivity contribution in [3.05, 3.63) is 29.0 Å². The summed E-state index contributed by atoms with van der Waals surface area (Å²) in [5, 5.41) is 14.0. The summed E-state index contributed by atoms with van der Waals surface area (Å²) in [5.74, 6) is 1.25. The smallest absolute Gasteiger partial charge is 0.270 e. The molecule has 102 valence electrons. The Bertz CT molecular complexity index is 562. The Kier molecular flexibility index (Phi) is 4.34. The molecule has 0 spiro atoms. The fraction of sp³-hybridized carbons (Fsp3) is 0.385. The number of aliphatic hydroxyl groups is 1. The van der Waals surface area contributed by atoms with Crippen molar-refractivity contribution >= 4 is 17.2 Å². The van der Waals surface area contributed by atoms with Crippen LogP contribution in [-0.2, 0) is 0 Å². The minimum atomic E-state index is -0.230. The topological polar surface area (TPSA) is 75.4 Å². The summed E-state index contributed by atoms with van der Waals surface area (Å²) < 4.78 is 5.47. The Balaban J connectivity index is 2.06. The van der Waals surface area contributed by atoms with Gasteiger partial charge >= 0.3 is 0 Å². The van der Waals surface area contributed by atoms with Crippen LogP contribution in [0.15, 0.2) is 21.9 Å². The molecule has 0 aromatic carbocycles. The molecule has 2 rings (SSSR count). The van der Waals surface area contributed by atoms with Gasteiger partial charge in [-0.25, -0.2) is 4.98 Å². The van der Waals surface area contributed by atoms with Crippen LogP contribution >= 0.6 is 11.3 Å². The van der Waals surface area contributed by atoms with E-state index in [1.54, 1.807) is 5.38 Å². The lowest BCUT2D eigenvalue weighted by Gasteiger charge is -2.10. The van der Waals surface area contributed by atoms with Crippen LogP contribution in [-0.4, -0.2) is 28.6 Å². The largest absolute Gasteiger partial charge is 0.459 e. The number of hydrogen-bond acceptors (Lipinski definition) is 5. The van der Waals surface area contributed by atoms with Crippen molar-refractivity contribution in [2.75, 3.05) is 6.61 Å². The highest BCUT2D eigenvalue weighted by atomic mass is 32.1. The summed E-state index contributed by atoms with van der Waals surface area (Å²) in [5.41, 5.74) is 0.374. The predicted molar refractivity (Wildman–Crippen MR) is 73.2 cm³/mol. The Morgan fingerprint density at radius 2 is 2.37 bits per heavy atom. The Hall–Kier alpha value is -1.66. The van der Waals surface area contributed by atoms with Gasteiger partial charge in [0.15, 0.2) is 10.8 Å². The van der Waals surface area contributed by atoms with Crippen LogP contribution in [0.4, 0.5) is 0 Å². The molecule has 1 atom stereocenters. The molecule has 5 nitrogen and oxygen atoms in total. The predicted octanol–water partition coefficient (Wildman–Crippen LogP) is 2.21. The van der Waals surface area contributed by atoms with Gasteiger partial charge in [-0.15, -0.1) is 11.3 Å². The summed E-state index contributed by atoms with van der Waals surface area (Å²) in [4.78, 5) is 16.2. The van der Waals surface area contributed by atoms with Crippen LogP contribution in [0.3, 0.4) is 0 Å². The third kappa shape index (κ3) is 3.42. The van der Waals surface area contributed by atoms with Crippen LogP contribution in [0.2, 0.25) is 0 Å². The van der Waals surface area contributed by atoms with Crippen molar-refractivity contribution in [3.63, 3.8) is 0 Å². The van der Waals surface area contributed by atoms with E-state index in [-0.39, 0.29) is 18.6 Å². The first-order valence-electron chi connectivity index (χ1n) is 6.04. The summed E-state index contributed by atoms with van der Waals surface area (Å²) in [6, 6.07) is 3.62. The zero-order chi connectivity index (χ0) is 13.8. The molecule has 0 aliphatic rings. The molecule has 19 heavy (non-hydrogen) atoms. The maximum absolute atomic E-state index is 11.9. The summed E-state index contributed by atoms with van der Waals surface area (Å²) >= 11 is 1.37. The lowest BCUT2D eigenvalue weighted by Crippen LogP contribution is -2.33. The molecule has 0 bridgehead atoms. The third-order valence-corrected chi connectivity index (χ3v) is 3.48. The number of aromatic nitrogens is 1. The van der Waals surface area contributed by atoms with E-state index in [0.717, 1.165) is 5.76 Å². The maximum atomic E-state index is 11.9. The van der Waals surface area contributed by atoms with E-state index in [1.807, 2.05) is 26.0 Å². The normalized spacial score (nSPS) is 12.4. The molecule has 2 N–H and O–H groups in total. The minimum Gasteiger partial charge on any atom is -0.459 e. The monoisotopic (exact) mass is 280 g/mol. The molecule has 0 saturated carbocycles. The molecule has 0 aliphatic carbocycles. The Morgan fingerprint density at radius 3 is 3.00 bits per heavy atom. The standard InChI is InChI=1S/C13H16N2O3S/c1-8(5-6-16)14-12(17)10-7-19-13(15-10)11-4-3-9(2)18-11/h3-4,7-8,16H,5-6H2,1-2H3,(H,14,17). The number of aliphatic hydroxyl groups excluding tert-OH is 1. The van der Waals surface area contributed by atoms with Crippen LogP contribution < -0.4 is 5.32 Å². The first kappa shape index (κ1) is 13.8. The van der Waals surface area contributed by atoms with Crippen molar-refractivity contribution in [1.82, 2.24) is 10.3 Å². The van der Waals surface area contributed by atoms with E-state index < -0.39 is 0 Å². The van der Waals surface area contributed by atoms with Gasteiger partial charge in [0.05, 0.1) is 0 Å². The van der Waals surface area contributed by atoms with E-state index in [9.17, 15) is 4.79 Å². The Labute approximate surface area is 115 Å². The first-order valence-corrected chi connectivity index (χ1v) is 6.92. The van der Waals surface area contributed by atoms with Gasteiger partial charge in [0.1, 0.15) is 11.5 Å². The van der Waals surface area contributed by atoms with Crippen molar-refractivity contribution < 1.29 is 14.3 Å². The molecule has 0 fully saturated rings. The summed E-state index contributed by atoms with van der Waals surface area (Å²) in [6.07, 6.45) is 0.528. The van der Waals surface area contributed by atoms with E-state index >= 15 is 0 Å². The molecule has 2 heterocycles. The van der Waals surface area contributed by atoms with Gasteiger partial charge in [0.2, 0.25) is 0 Å². The third-order valence-electron chi connectivity index (χ3n) is 2.63. The average molecular weight is 280 g/mol. The van der Waals surface area contributed by atoms with E-state index in [0.29, 0.717) is 22.9 Å². The number of hydrogen-bond donors (Lipinski definition) is 2.